The van der Waals surface area contributed by atoms with Gasteiger partial charge in [-0.15, -0.1) is 0 Å². The topological polar surface area (TPSA) is 83.8 Å². The van der Waals surface area contributed by atoms with E-state index in [1.165, 1.54) is 7.11 Å². The van der Waals surface area contributed by atoms with Gasteiger partial charge in [-0.3, -0.25) is 4.79 Å². The molecule has 0 amide bonds. The average molecular weight is 376 g/mol. The molecule has 26 heavy (non-hydrogen) atoms. The lowest BCUT2D eigenvalue weighted by Gasteiger charge is -2.32. The van der Waals surface area contributed by atoms with Gasteiger partial charge < -0.3 is 19.5 Å². The van der Waals surface area contributed by atoms with Crippen molar-refractivity contribution in [2.24, 2.45) is 0 Å². The van der Waals surface area contributed by atoms with Crippen molar-refractivity contribution in [1.29, 1.82) is 0 Å². The third-order valence-electron chi connectivity index (χ3n) is 4.49. The van der Waals surface area contributed by atoms with Crippen LogP contribution in [0, 0.1) is 0 Å². The van der Waals surface area contributed by atoms with Crippen LogP contribution < -0.4 is 10.6 Å². The number of methoxy groups -OCH3 is 1. The summed E-state index contributed by atoms with van der Waals surface area (Å²) in [6, 6.07) is 18.0. The quantitative estimate of drug-likeness (QED) is 0.517. The van der Waals surface area contributed by atoms with Crippen molar-refractivity contribution in [3.05, 3.63) is 60.7 Å². The Kier molecular flexibility index (Phi) is 7.58. The first kappa shape index (κ1) is 20.4. The molecule has 6 heteroatoms. The lowest BCUT2D eigenvalue weighted by atomic mass is 10.1. The van der Waals surface area contributed by atoms with Crippen LogP contribution in [0.2, 0.25) is 0 Å². The molecule has 2 rings (SSSR count). The van der Waals surface area contributed by atoms with Gasteiger partial charge in [0.2, 0.25) is 0 Å². The summed E-state index contributed by atoms with van der Waals surface area (Å²) >= 11 is 0. The monoisotopic (exact) mass is 376 g/mol. The van der Waals surface area contributed by atoms with Crippen LogP contribution in [0.15, 0.2) is 60.7 Å². The van der Waals surface area contributed by atoms with E-state index in [9.17, 15) is 19.6 Å². The van der Waals surface area contributed by atoms with Gasteiger partial charge in [0.1, 0.15) is 7.14 Å². The van der Waals surface area contributed by atoms with Crippen LogP contribution in [0.25, 0.3) is 0 Å². The zero-order valence-corrected chi connectivity index (χ0v) is 15.7. The van der Waals surface area contributed by atoms with E-state index in [4.69, 9.17) is 0 Å². The molecule has 0 aliphatic heterocycles. The molecule has 0 saturated carbocycles. The van der Waals surface area contributed by atoms with Crippen LogP contribution in [-0.2, 0) is 14.1 Å². The molecule has 2 atom stereocenters. The van der Waals surface area contributed by atoms with Gasteiger partial charge in [0.15, 0.2) is 0 Å². The fourth-order valence-electron chi connectivity index (χ4n) is 3.14. The lowest BCUT2D eigenvalue weighted by Crippen LogP contribution is -2.35. The van der Waals surface area contributed by atoms with Gasteiger partial charge in [0.25, 0.3) is 0 Å². The lowest BCUT2D eigenvalue weighted by molar-refractivity contribution is -0.141. The Morgan fingerprint density at radius 1 is 1.00 bits per heavy atom. The largest absolute Gasteiger partial charge is 0.469 e. The van der Waals surface area contributed by atoms with E-state index in [1.54, 1.807) is 24.3 Å². The molecule has 0 spiro atoms. The molecule has 0 radical (unpaired) electrons. The first-order valence-corrected chi connectivity index (χ1v) is 10.4. The Labute approximate surface area is 154 Å². The summed E-state index contributed by atoms with van der Waals surface area (Å²) in [6.45, 7) is -0.205. The molecule has 0 fully saturated rings. The fraction of sp³-hybridized carbons (Fsp3) is 0.350. The number of carbonyl (C=O) groups excluding carboxylic acids is 1. The summed E-state index contributed by atoms with van der Waals surface area (Å²) < 4.78 is 18.9. The van der Waals surface area contributed by atoms with Gasteiger partial charge in [-0.05, 0) is 12.8 Å². The van der Waals surface area contributed by atoms with E-state index in [0.717, 1.165) is 0 Å². The second-order valence-corrected chi connectivity index (χ2v) is 9.10. The van der Waals surface area contributed by atoms with Crippen molar-refractivity contribution < 1.29 is 24.3 Å². The van der Waals surface area contributed by atoms with E-state index in [2.05, 4.69) is 4.74 Å². The van der Waals surface area contributed by atoms with Crippen LogP contribution >= 0.6 is 7.14 Å². The number of carbonyl (C=O) groups is 1. The third-order valence-corrected chi connectivity index (χ3v) is 8.15. The number of ether oxygens (including phenoxy) is 1. The highest BCUT2D eigenvalue weighted by molar-refractivity contribution is 7.79. The molecule has 0 aromatic heterocycles. The van der Waals surface area contributed by atoms with Gasteiger partial charge in [-0.1, -0.05) is 60.7 Å². The van der Waals surface area contributed by atoms with Gasteiger partial charge >= 0.3 is 5.97 Å². The zero-order valence-electron chi connectivity index (χ0n) is 14.8. The van der Waals surface area contributed by atoms with Crippen LogP contribution in [0.4, 0.5) is 0 Å². The number of rotatable bonds is 9. The fourth-order valence-corrected chi connectivity index (χ4v) is 6.55. The third kappa shape index (κ3) is 4.61. The van der Waals surface area contributed by atoms with Gasteiger partial charge in [-0.2, -0.15) is 0 Å². The number of hydrogen-bond acceptors (Lipinski definition) is 5. The minimum Gasteiger partial charge on any atom is -0.469 e. The Balaban J connectivity index is 2.46. The molecule has 140 valence electrons. The Morgan fingerprint density at radius 3 is 1.92 bits per heavy atom. The predicted molar refractivity (Wildman–Crippen MR) is 103 cm³/mol. The predicted octanol–water partition coefficient (Wildman–Crippen LogP) is 2.07. The van der Waals surface area contributed by atoms with Gasteiger partial charge in [0.05, 0.1) is 13.2 Å². The highest BCUT2D eigenvalue weighted by Crippen LogP contribution is 2.51. The highest BCUT2D eigenvalue weighted by Gasteiger charge is 2.40. The average Bonchev–Trinajstić information content (AvgIpc) is 2.70. The molecular weight excluding hydrogens is 351 g/mol. The molecule has 0 bridgehead atoms. The van der Waals surface area contributed by atoms with Gasteiger partial charge in [-0.25, -0.2) is 0 Å². The maximum Gasteiger partial charge on any atom is 0.305 e. The number of aliphatic hydroxyl groups excluding tert-OH is 2. The Bertz CT molecular complexity index is 689. The standard InChI is InChI=1S/C20H25O5P/c1-25-20(23)13-12-18(22)19(14-15-21)26(24,16-8-4-2-5-9-16)17-10-6-3-7-11-17/h2-11,18-19,21-22H,12-15H2,1H3/t18-,19+/m1/s1. The normalized spacial score (nSPS) is 13.8. The minimum atomic E-state index is -3.24. The first-order valence-electron chi connectivity index (χ1n) is 8.60. The van der Waals surface area contributed by atoms with Crippen LogP contribution in [0.3, 0.4) is 0 Å². The first-order chi connectivity index (χ1) is 12.5. The molecule has 0 aliphatic carbocycles. The zero-order chi connectivity index (χ0) is 19.0. The van der Waals surface area contributed by atoms with Crippen molar-refractivity contribution in [3.63, 3.8) is 0 Å². The Morgan fingerprint density at radius 2 is 1.50 bits per heavy atom. The number of hydrogen-bond donors (Lipinski definition) is 2. The summed E-state index contributed by atoms with van der Waals surface area (Å²) in [5.41, 5.74) is -0.693. The summed E-state index contributed by atoms with van der Waals surface area (Å²) in [4.78, 5) is 11.4. The van der Waals surface area contributed by atoms with E-state index < -0.39 is 24.9 Å². The molecule has 0 heterocycles. The van der Waals surface area contributed by atoms with Crippen molar-refractivity contribution in [2.75, 3.05) is 13.7 Å². The second kappa shape index (κ2) is 9.67. The van der Waals surface area contributed by atoms with E-state index >= 15 is 0 Å². The van der Waals surface area contributed by atoms with E-state index in [0.29, 0.717) is 10.6 Å². The molecule has 0 unspecified atom stereocenters. The SMILES string of the molecule is COC(=O)CC[C@@H](O)[C@H](CCO)P(=O)(c1ccccc1)c1ccccc1. The summed E-state index contributed by atoms with van der Waals surface area (Å²) in [7, 11) is -1.95. The van der Waals surface area contributed by atoms with Crippen LogP contribution in [0.1, 0.15) is 19.3 Å². The molecule has 5 nitrogen and oxygen atoms in total. The molecular formula is C20H25O5P. The maximum absolute atomic E-state index is 14.3. The summed E-state index contributed by atoms with van der Waals surface area (Å²) in [5.74, 6) is -0.430. The smallest absolute Gasteiger partial charge is 0.305 e. The van der Waals surface area contributed by atoms with Crippen molar-refractivity contribution >= 4 is 23.7 Å². The Hall–Kier alpha value is -1.94. The molecule has 2 aromatic rings. The van der Waals surface area contributed by atoms with Crippen molar-refractivity contribution in [3.8, 4) is 0 Å². The molecule has 0 aliphatic rings. The number of esters is 1. The van der Waals surface area contributed by atoms with Gasteiger partial charge in [0, 0.05) is 29.3 Å². The van der Waals surface area contributed by atoms with Crippen LogP contribution in [-0.4, -0.2) is 41.7 Å². The van der Waals surface area contributed by atoms with Crippen LogP contribution in [0.5, 0.6) is 0 Å². The highest BCUT2D eigenvalue weighted by atomic mass is 31.2. The van der Waals surface area contributed by atoms with E-state index in [1.807, 2.05) is 36.4 Å². The maximum atomic E-state index is 14.3. The molecule has 2 aromatic carbocycles. The minimum absolute atomic E-state index is 0.0309. The molecule has 0 saturated heterocycles. The van der Waals surface area contributed by atoms with E-state index in [-0.39, 0.29) is 25.9 Å². The van der Waals surface area contributed by atoms with Crippen molar-refractivity contribution in [2.45, 2.75) is 31.0 Å². The number of aliphatic hydroxyl groups is 2. The second-order valence-electron chi connectivity index (χ2n) is 6.09. The summed E-state index contributed by atoms with van der Waals surface area (Å²) in [6.07, 6.45) is -0.680. The van der Waals surface area contributed by atoms with Crippen molar-refractivity contribution in [1.82, 2.24) is 0 Å². The summed E-state index contributed by atoms with van der Waals surface area (Å²) in [5, 5.41) is 21.5. The number of benzene rings is 2. The molecule has 2 N–H and O–H groups in total.